The van der Waals surface area contributed by atoms with Crippen molar-refractivity contribution >= 4 is 64.0 Å². The van der Waals surface area contributed by atoms with Crippen molar-refractivity contribution in [1.82, 2.24) is 30.2 Å². The van der Waals surface area contributed by atoms with E-state index in [1.54, 1.807) is 13.8 Å². The molecule has 5 rings (SSSR count). The molecular formula is C45H66N7O19P3-4. The average molecular weight is 1100 g/mol. The molecule has 3 heterocycles. The molecule has 7 unspecified atom stereocenters. The normalized spacial score (nSPS) is 20.9. The molecule has 74 heavy (non-hydrogen) atoms. The van der Waals surface area contributed by atoms with E-state index in [-0.39, 0.29) is 54.1 Å². The third kappa shape index (κ3) is 18.0. The smallest absolute Gasteiger partial charge is 0.309 e. The van der Waals surface area contributed by atoms with Gasteiger partial charge in [-0.1, -0.05) is 63.8 Å². The number of aliphatic carboxylic acids is 1. The maximum atomic E-state index is 13.1. The number of ketones is 1. The summed E-state index contributed by atoms with van der Waals surface area (Å²) in [6, 6.07) is 8.55. The Hall–Kier alpha value is -4.10. The second-order valence-electron chi connectivity index (χ2n) is 20.1. The van der Waals surface area contributed by atoms with Crippen LogP contribution in [0.15, 0.2) is 36.9 Å². The number of aliphatic hydroxyl groups excluding tert-OH is 2. The van der Waals surface area contributed by atoms with Crippen molar-refractivity contribution in [2.75, 3.05) is 32.0 Å². The third-order valence-electron chi connectivity index (χ3n) is 13.1. The molecule has 26 nitrogen and oxygen atoms in total. The summed E-state index contributed by atoms with van der Waals surface area (Å²) in [5.41, 5.74) is 5.54. The minimum Gasteiger partial charge on any atom is -0.790 e. The van der Waals surface area contributed by atoms with E-state index in [0.717, 1.165) is 87.9 Å². The number of nitrogens with one attached hydrogen (secondary N) is 2. The number of anilines is 1. The summed E-state index contributed by atoms with van der Waals surface area (Å²) in [7, 11) is -17.7. The van der Waals surface area contributed by atoms with Crippen LogP contribution >= 0.6 is 23.5 Å². The minimum atomic E-state index is -5.94. The van der Waals surface area contributed by atoms with Crippen molar-refractivity contribution in [3.8, 4) is 0 Å². The van der Waals surface area contributed by atoms with Gasteiger partial charge in [-0.15, -0.1) is 0 Å². The molecule has 1 aliphatic heterocycles. The lowest BCUT2D eigenvalue weighted by atomic mass is 9.87. The number of amides is 2. The number of fused-ring (bicyclic) bond motifs is 1. The zero-order valence-electron chi connectivity index (χ0n) is 41.7. The molecule has 2 aliphatic rings. The molecule has 2 fully saturated rings. The second kappa shape index (κ2) is 25.8. The number of rotatable bonds is 33. The molecule has 1 aliphatic carbocycles. The van der Waals surface area contributed by atoms with Crippen LogP contribution in [0.1, 0.15) is 122 Å². The lowest BCUT2D eigenvalue weighted by molar-refractivity contribution is -0.347. The van der Waals surface area contributed by atoms with Crippen LogP contribution in [0.3, 0.4) is 0 Å². The first-order chi connectivity index (χ1) is 34.5. The van der Waals surface area contributed by atoms with Crippen molar-refractivity contribution in [3.05, 3.63) is 48.0 Å². The number of Topliss-reactive ketones (excluding diaryl/α,β-unsaturated/α-hetero) is 1. The maximum absolute atomic E-state index is 13.1. The number of carboxylic acid groups (broad SMARTS) is 1. The Balaban J connectivity index is 0.956. The van der Waals surface area contributed by atoms with Crippen LogP contribution in [0.2, 0.25) is 0 Å². The van der Waals surface area contributed by atoms with Gasteiger partial charge in [-0.25, -0.2) is 19.3 Å². The molecule has 414 valence electrons. The van der Waals surface area contributed by atoms with E-state index in [1.165, 1.54) is 25.0 Å². The van der Waals surface area contributed by atoms with E-state index in [9.17, 15) is 67.8 Å². The molecule has 1 saturated carbocycles. The Bertz CT molecular complexity index is 2570. The molecule has 1 saturated heterocycles. The number of nitrogens with two attached hydrogens (primary N) is 1. The Labute approximate surface area is 428 Å². The van der Waals surface area contributed by atoms with Crippen molar-refractivity contribution in [3.63, 3.8) is 0 Å². The number of imidazole rings is 1. The van der Waals surface area contributed by atoms with E-state index in [2.05, 4.69) is 67.7 Å². The molecule has 2 aromatic heterocycles. The summed E-state index contributed by atoms with van der Waals surface area (Å²) in [6.07, 6.45) is 3.16. The van der Waals surface area contributed by atoms with Crippen LogP contribution in [0.25, 0.3) is 11.2 Å². The molecule has 0 spiro atoms. The van der Waals surface area contributed by atoms with Crippen LogP contribution < -0.4 is 35.9 Å². The van der Waals surface area contributed by atoms with Crippen molar-refractivity contribution in [2.24, 2.45) is 16.2 Å². The van der Waals surface area contributed by atoms with Gasteiger partial charge in [0.1, 0.15) is 42.0 Å². The number of carbonyl (C=O) groups excluding carboxylic acids is 3. The van der Waals surface area contributed by atoms with Gasteiger partial charge in [-0.05, 0) is 76.3 Å². The van der Waals surface area contributed by atoms with Crippen LogP contribution in [0.4, 0.5) is 5.82 Å². The number of ether oxygens (including phenoxy) is 1. The summed E-state index contributed by atoms with van der Waals surface area (Å²) in [5, 5.41) is 35.9. The van der Waals surface area contributed by atoms with Gasteiger partial charge in [0.05, 0.1) is 32.8 Å². The minimum absolute atomic E-state index is 0.0252. The van der Waals surface area contributed by atoms with Crippen molar-refractivity contribution in [1.29, 1.82) is 0 Å². The lowest BCUT2D eigenvalue weighted by Gasteiger charge is -2.36. The number of hydrogen-bond acceptors (Lipinski definition) is 22. The fourth-order valence-electron chi connectivity index (χ4n) is 8.41. The molecule has 7 atom stereocenters. The summed E-state index contributed by atoms with van der Waals surface area (Å²) >= 11 is 0. The zero-order valence-corrected chi connectivity index (χ0v) is 44.3. The van der Waals surface area contributed by atoms with Gasteiger partial charge in [0.15, 0.2) is 17.7 Å². The third-order valence-corrected chi connectivity index (χ3v) is 16.1. The molecular weight excluding hydrogens is 1040 g/mol. The number of phosphoric acid groups is 3. The molecule has 0 radical (unpaired) electrons. The standard InChI is InChI=1S/C45H70N7O19P3/c1-43(2,42(58)59)18-9-5-7-12-29-14-11-15-30(24-29)13-8-6-10-19-45(20-21-45)32(53)16-22-47-33(54)17-23-48-40(57)37(56)44(3,4)26-68-74(65,66)71-73(63,64)67-25-31-36(70-72(60,61)62)35(55)41(69-31)52-28-51-34-38(46)49-27-50-39(34)52/h11,14-15,24,27-28,31,35-37,41,55-56H,5-10,12-13,16-23,25-26H2,1-4H3,(H,47,54)(H,48,57)(H,58,59)(H,63,64)(H,65,66)(H2,46,49,50)(H2,60,61,62)/p-4. The molecule has 1 aromatic carbocycles. The number of nitrogen functional groups attached to an aromatic ring is 1. The highest BCUT2D eigenvalue weighted by Crippen LogP contribution is 2.57. The molecule has 2 amide bonds. The van der Waals surface area contributed by atoms with E-state index in [0.29, 0.717) is 6.42 Å². The number of aromatic nitrogens is 4. The number of benzene rings is 1. The van der Waals surface area contributed by atoms with Gasteiger partial charge >= 0.3 is 5.97 Å². The monoisotopic (exact) mass is 1100 g/mol. The summed E-state index contributed by atoms with van der Waals surface area (Å²) < 4.78 is 61.0. The number of nitrogens with zero attached hydrogens (tertiary/aromatic N) is 4. The Kier molecular flexibility index (Phi) is 21.2. The summed E-state index contributed by atoms with van der Waals surface area (Å²) in [6.45, 7) is 3.49. The van der Waals surface area contributed by atoms with Gasteiger partial charge in [0.25, 0.3) is 15.6 Å². The first-order valence-corrected chi connectivity index (χ1v) is 28.6. The largest absolute Gasteiger partial charge is 0.790 e. The predicted octanol–water partition coefficient (Wildman–Crippen LogP) is 1.63. The number of aliphatic hydroxyl groups is 2. The Morgan fingerprint density at radius 3 is 2.18 bits per heavy atom. The quantitative estimate of drug-likeness (QED) is 0.0373. The number of phosphoric ester groups is 3. The fourth-order valence-corrected chi connectivity index (χ4v) is 11.1. The molecule has 7 N–H and O–H groups in total. The van der Waals surface area contributed by atoms with Crippen molar-refractivity contribution < 1.29 is 90.4 Å². The van der Waals surface area contributed by atoms with Gasteiger partial charge in [0.2, 0.25) is 11.8 Å². The highest BCUT2D eigenvalue weighted by atomic mass is 31.3. The zero-order chi connectivity index (χ0) is 54.7. The highest BCUT2D eigenvalue weighted by Gasteiger charge is 2.49. The Morgan fingerprint density at radius 1 is 0.905 bits per heavy atom. The van der Waals surface area contributed by atoms with Crippen LogP contribution in [0, 0.1) is 16.2 Å². The predicted molar refractivity (Wildman–Crippen MR) is 254 cm³/mol. The van der Waals surface area contributed by atoms with Gasteiger partial charge < -0.3 is 74.1 Å². The van der Waals surface area contributed by atoms with E-state index >= 15 is 0 Å². The van der Waals surface area contributed by atoms with Crippen LogP contribution in [0.5, 0.6) is 0 Å². The maximum Gasteiger partial charge on any atom is 0.309 e. The van der Waals surface area contributed by atoms with Gasteiger partial charge in [0, 0.05) is 36.8 Å². The number of carboxylic acids is 1. The molecule has 0 bridgehead atoms. The van der Waals surface area contributed by atoms with Gasteiger partial charge in [-0.3, -0.25) is 32.9 Å². The lowest BCUT2D eigenvalue weighted by Crippen LogP contribution is -2.46. The van der Waals surface area contributed by atoms with Crippen LogP contribution in [-0.2, 0) is 68.3 Å². The summed E-state index contributed by atoms with van der Waals surface area (Å²) in [4.78, 5) is 110. The highest BCUT2D eigenvalue weighted by molar-refractivity contribution is 7.59. The van der Waals surface area contributed by atoms with Crippen molar-refractivity contribution in [2.45, 2.75) is 148 Å². The molecule has 29 heteroatoms. The first-order valence-electron chi connectivity index (χ1n) is 24.2. The van der Waals surface area contributed by atoms with Crippen LogP contribution in [-0.4, -0.2) is 109 Å². The first kappa shape index (κ1) is 60.8. The van der Waals surface area contributed by atoms with E-state index in [1.807, 2.05) is 0 Å². The average Bonchev–Trinajstić information content (AvgIpc) is 3.89. The van der Waals surface area contributed by atoms with Gasteiger partial charge in [-0.2, -0.15) is 0 Å². The van der Waals surface area contributed by atoms with E-state index < -0.39 is 95.9 Å². The summed E-state index contributed by atoms with van der Waals surface area (Å²) in [5.74, 6) is -2.26. The number of hydrogen-bond donors (Lipinski definition) is 6. The number of aryl methyl sites for hydroxylation is 2. The second-order valence-corrected chi connectivity index (χ2v) is 24.1. The topological polar surface area (TPSA) is 412 Å². The fraction of sp³-hybridized carbons (Fsp3) is 0.667. The SMILES string of the molecule is CC(C)(CCCCCc1cccc(CCCCCC2(C(=O)CCNC(=O)CCNC(=O)C(O)C(C)(C)COP(=O)([O-])OP(=O)([O-])OCC3OC(n4cnc5c(N)ncnc54)C(O)C3OP(=O)([O-])[O-])CC2)c1)C(=O)O. The number of carbonyl (C=O) groups is 4. The van der Waals surface area contributed by atoms with E-state index in [4.69, 9.17) is 10.5 Å². The molecule has 3 aromatic rings. The Morgan fingerprint density at radius 2 is 1.54 bits per heavy atom. The number of unbranched alkanes of at least 4 members (excludes halogenated alkanes) is 4.